The Kier molecular flexibility index (Phi) is 5.33. The van der Waals surface area contributed by atoms with Gasteiger partial charge in [0.1, 0.15) is 11.5 Å². The second-order valence-electron chi connectivity index (χ2n) is 4.79. The van der Waals surface area contributed by atoms with E-state index >= 15 is 0 Å². The van der Waals surface area contributed by atoms with Crippen molar-refractivity contribution in [2.75, 3.05) is 31.2 Å². The molecule has 0 bridgehead atoms. The van der Waals surface area contributed by atoms with Gasteiger partial charge in [-0.05, 0) is 12.8 Å². The quantitative estimate of drug-likeness (QED) is 0.666. The van der Waals surface area contributed by atoms with Gasteiger partial charge in [0, 0.05) is 25.2 Å². The summed E-state index contributed by atoms with van der Waals surface area (Å²) in [5, 5.41) is 19.5. The fraction of sp³-hybridized carbons (Fsp3) is 0.538. The molecule has 0 amide bonds. The molecule has 1 saturated heterocycles. The van der Waals surface area contributed by atoms with E-state index in [1.54, 1.807) is 4.90 Å². The summed E-state index contributed by atoms with van der Waals surface area (Å²) in [7, 11) is 0. The molecule has 6 nitrogen and oxygen atoms in total. The summed E-state index contributed by atoms with van der Waals surface area (Å²) >= 11 is 5.61. The van der Waals surface area contributed by atoms with Crippen LogP contribution < -0.4 is 4.90 Å². The van der Waals surface area contributed by atoms with Crippen molar-refractivity contribution in [3.63, 3.8) is 0 Å². The van der Waals surface area contributed by atoms with Crippen molar-refractivity contribution in [2.24, 2.45) is 0 Å². The Morgan fingerprint density at radius 1 is 1.48 bits per heavy atom. The van der Waals surface area contributed by atoms with E-state index in [1.807, 2.05) is 0 Å². The number of aliphatic hydroxyl groups excluding tert-OH is 1. The van der Waals surface area contributed by atoms with Crippen LogP contribution >= 0.6 is 11.6 Å². The minimum atomic E-state index is -0.670. The van der Waals surface area contributed by atoms with Gasteiger partial charge in [-0.25, -0.2) is 4.39 Å². The SMILES string of the molecule is O=[N+]([O-])c1cc(Cl)c(F)cc1N1CCC(OCCO)CC1. The van der Waals surface area contributed by atoms with Crippen molar-refractivity contribution in [1.82, 2.24) is 0 Å². The van der Waals surface area contributed by atoms with Gasteiger partial charge < -0.3 is 14.7 Å². The lowest BCUT2D eigenvalue weighted by atomic mass is 10.1. The molecule has 2 rings (SSSR count). The van der Waals surface area contributed by atoms with E-state index in [1.165, 1.54) is 0 Å². The smallest absolute Gasteiger partial charge is 0.294 e. The van der Waals surface area contributed by atoms with Gasteiger partial charge in [0.15, 0.2) is 0 Å². The van der Waals surface area contributed by atoms with Crippen LogP contribution in [0.5, 0.6) is 0 Å². The van der Waals surface area contributed by atoms with Crippen molar-refractivity contribution < 1.29 is 19.2 Å². The minimum Gasteiger partial charge on any atom is -0.394 e. The van der Waals surface area contributed by atoms with Crippen molar-refractivity contribution in [3.05, 3.63) is 33.1 Å². The molecule has 0 atom stereocenters. The lowest BCUT2D eigenvalue weighted by molar-refractivity contribution is -0.384. The Bertz CT molecular complexity index is 521. The van der Waals surface area contributed by atoms with Crippen LogP contribution in [0.3, 0.4) is 0 Å². The van der Waals surface area contributed by atoms with Crippen molar-refractivity contribution in [2.45, 2.75) is 18.9 Å². The molecule has 116 valence electrons. The number of halogens is 2. The average molecular weight is 319 g/mol. The minimum absolute atomic E-state index is 0.0182. The standard InChI is InChI=1S/C13H16ClFN2O4/c14-10-7-13(17(19)20)12(8-11(10)15)16-3-1-9(2-4-16)21-6-5-18/h7-9,18H,1-6H2. The molecule has 0 aromatic heterocycles. The van der Waals surface area contributed by atoms with Crippen LogP contribution in [0, 0.1) is 15.9 Å². The Labute approximate surface area is 126 Å². The molecule has 0 saturated carbocycles. The molecule has 8 heteroatoms. The zero-order valence-electron chi connectivity index (χ0n) is 11.3. The average Bonchev–Trinajstić information content (AvgIpc) is 2.48. The largest absolute Gasteiger partial charge is 0.394 e. The number of anilines is 1. The first kappa shape index (κ1) is 15.9. The van der Waals surface area contributed by atoms with E-state index in [-0.39, 0.29) is 35.7 Å². The van der Waals surface area contributed by atoms with Crippen molar-refractivity contribution in [1.29, 1.82) is 0 Å². The Morgan fingerprint density at radius 3 is 2.71 bits per heavy atom. The second kappa shape index (κ2) is 7.02. The summed E-state index contributed by atoms with van der Waals surface area (Å²) < 4.78 is 19.0. The summed E-state index contributed by atoms with van der Waals surface area (Å²) in [5.41, 5.74) is 0.0404. The number of nitrogens with zero attached hydrogens (tertiary/aromatic N) is 2. The molecule has 1 aliphatic heterocycles. The van der Waals surface area contributed by atoms with Gasteiger partial charge in [0.2, 0.25) is 0 Å². The first-order valence-corrected chi connectivity index (χ1v) is 7.01. The number of nitro benzene ring substituents is 1. The zero-order valence-corrected chi connectivity index (χ0v) is 12.1. The predicted molar refractivity (Wildman–Crippen MR) is 76.3 cm³/mol. The Morgan fingerprint density at radius 2 is 2.14 bits per heavy atom. The number of aliphatic hydroxyl groups is 1. The van der Waals surface area contributed by atoms with E-state index in [4.69, 9.17) is 21.4 Å². The summed E-state index contributed by atoms with van der Waals surface area (Å²) in [6.07, 6.45) is 1.35. The normalized spacial score (nSPS) is 16.2. The number of hydrogen-bond acceptors (Lipinski definition) is 5. The molecule has 1 N–H and O–H groups in total. The maximum Gasteiger partial charge on any atom is 0.294 e. The molecule has 0 radical (unpaired) electrons. The van der Waals surface area contributed by atoms with Crippen LogP contribution in [0.2, 0.25) is 5.02 Å². The van der Waals surface area contributed by atoms with Crippen LogP contribution in [0.4, 0.5) is 15.8 Å². The molecule has 0 unspecified atom stereocenters. The molecule has 1 aromatic rings. The molecule has 0 aliphatic carbocycles. The maximum absolute atomic E-state index is 13.6. The van der Waals surface area contributed by atoms with Crippen LogP contribution in [0.25, 0.3) is 0 Å². The third kappa shape index (κ3) is 3.81. The first-order valence-electron chi connectivity index (χ1n) is 6.63. The predicted octanol–water partition coefficient (Wildman–Crippen LogP) is 2.37. The molecule has 1 aliphatic rings. The second-order valence-corrected chi connectivity index (χ2v) is 5.20. The fourth-order valence-corrected chi connectivity index (χ4v) is 2.57. The lowest BCUT2D eigenvalue weighted by Gasteiger charge is -2.33. The zero-order chi connectivity index (χ0) is 15.4. The van der Waals surface area contributed by atoms with Crippen LogP contribution in [-0.4, -0.2) is 42.4 Å². The van der Waals surface area contributed by atoms with Crippen LogP contribution in [0.15, 0.2) is 12.1 Å². The van der Waals surface area contributed by atoms with Crippen LogP contribution in [0.1, 0.15) is 12.8 Å². The van der Waals surface area contributed by atoms with Gasteiger partial charge in [0.05, 0.1) is 29.3 Å². The van der Waals surface area contributed by atoms with Gasteiger partial charge in [-0.15, -0.1) is 0 Å². The highest BCUT2D eigenvalue weighted by molar-refractivity contribution is 6.31. The van der Waals surface area contributed by atoms with E-state index in [0.717, 1.165) is 12.1 Å². The summed E-state index contributed by atoms with van der Waals surface area (Å²) in [4.78, 5) is 12.3. The molecular formula is C13H16ClFN2O4. The number of rotatable bonds is 5. The van der Waals surface area contributed by atoms with Gasteiger partial charge >= 0.3 is 0 Å². The molecular weight excluding hydrogens is 303 g/mol. The first-order chi connectivity index (χ1) is 10.0. The van der Waals surface area contributed by atoms with Gasteiger partial charge in [-0.3, -0.25) is 10.1 Å². The maximum atomic E-state index is 13.6. The fourth-order valence-electron chi connectivity index (χ4n) is 2.41. The van der Waals surface area contributed by atoms with Crippen LogP contribution in [-0.2, 0) is 4.74 Å². The Balaban J connectivity index is 2.12. The number of hydrogen-bond donors (Lipinski definition) is 1. The number of benzene rings is 1. The molecule has 0 spiro atoms. The lowest BCUT2D eigenvalue weighted by Crippen LogP contribution is -2.37. The molecule has 1 fully saturated rings. The summed E-state index contributed by atoms with van der Waals surface area (Å²) in [6.45, 7) is 1.30. The highest BCUT2D eigenvalue weighted by Crippen LogP contribution is 2.34. The third-order valence-corrected chi connectivity index (χ3v) is 3.73. The number of nitro groups is 1. The topological polar surface area (TPSA) is 75.8 Å². The Hall–Kier alpha value is -1.44. The summed E-state index contributed by atoms with van der Waals surface area (Å²) in [5.74, 6) is -0.670. The van der Waals surface area contributed by atoms with E-state index in [2.05, 4.69) is 0 Å². The molecule has 21 heavy (non-hydrogen) atoms. The number of ether oxygens (including phenoxy) is 1. The highest BCUT2D eigenvalue weighted by atomic mass is 35.5. The summed E-state index contributed by atoms with van der Waals surface area (Å²) in [6, 6.07) is 2.15. The van der Waals surface area contributed by atoms with Gasteiger partial charge in [-0.1, -0.05) is 11.6 Å². The number of piperidine rings is 1. The van der Waals surface area contributed by atoms with E-state index in [9.17, 15) is 14.5 Å². The van der Waals surface area contributed by atoms with Crippen molar-refractivity contribution in [3.8, 4) is 0 Å². The van der Waals surface area contributed by atoms with E-state index in [0.29, 0.717) is 25.9 Å². The van der Waals surface area contributed by atoms with Gasteiger partial charge in [0.25, 0.3) is 5.69 Å². The third-order valence-electron chi connectivity index (χ3n) is 3.44. The van der Waals surface area contributed by atoms with E-state index < -0.39 is 10.7 Å². The molecule has 1 aromatic carbocycles. The van der Waals surface area contributed by atoms with Gasteiger partial charge in [-0.2, -0.15) is 0 Å². The monoisotopic (exact) mass is 318 g/mol. The molecule has 1 heterocycles. The highest BCUT2D eigenvalue weighted by Gasteiger charge is 2.26. The van der Waals surface area contributed by atoms with Crippen molar-refractivity contribution >= 4 is 23.0 Å².